The summed E-state index contributed by atoms with van der Waals surface area (Å²) in [7, 11) is -1.65. The molecule has 0 aliphatic carbocycles. The Morgan fingerprint density at radius 1 is 1.21 bits per heavy atom. The van der Waals surface area contributed by atoms with Gasteiger partial charge in [-0.05, 0) is 67.3 Å². The number of hydrogen-bond donors (Lipinski definition) is 1. The maximum Gasteiger partial charge on any atom is 0.301 e. The molecule has 0 radical (unpaired) electrons. The molecule has 0 unspecified atom stereocenters. The van der Waals surface area contributed by atoms with Crippen molar-refractivity contribution in [3.05, 3.63) is 59.2 Å². The number of aliphatic imine (C=N–C) groups is 1. The van der Waals surface area contributed by atoms with Gasteiger partial charge in [0.05, 0.1) is 12.0 Å². The number of hydrazone groups is 1. The zero-order chi connectivity index (χ0) is 23.6. The Labute approximate surface area is 198 Å². The largest absolute Gasteiger partial charge is 0.326 e. The second-order valence-electron chi connectivity index (χ2n) is 7.97. The zero-order valence-corrected chi connectivity index (χ0v) is 20.5. The lowest BCUT2D eigenvalue weighted by atomic mass is 9.97. The molecule has 2 aromatic carbocycles. The molecule has 0 saturated carbocycles. The fourth-order valence-electron chi connectivity index (χ4n) is 4.00. The first-order chi connectivity index (χ1) is 15.7. The minimum atomic E-state index is -3.32. The van der Waals surface area contributed by atoms with Crippen molar-refractivity contribution in [1.82, 2.24) is 5.01 Å². The van der Waals surface area contributed by atoms with Crippen molar-refractivity contribution in [3.8, 4) is 0 Å². The number of hydrogen-bond acceptors (Lipinski definition) is 6. The number of rotatable bonds is 5. The second-order valence-corrected chi connectivity index (χ2v) is 10.6. The molecule has 0 atom stereocenters. The summed E-state index contributed by atoms with van der Waals surface area (Å²) in [5, 5.41) is 5.79. The molecule has 10 heteroatoms. The van der Waals surface area contributed by atoms with E-state index in [-0.39, 0.29) is 5.24 Å². The minimum absolute atomic E-state index is 0.0407. The van der Waals surface area contributed by atoms with E-state index in [1.54, 1.807) is 19.2 Å². The van der Waals surface area contributed by atoms with Crippen molar-refractivity contribution in [2.45, 2.75) is 19.8 Å². The first kappa shape index (κ1) is 23.3. The lowest BCUT2D eigenvalue weighted by molar-refractivity contribution is 0.235. The molecular formula is C23H27N5O3S2. The van der Waals surface area contributed by atoms with Crippen LogP contribution in [0.4, 0.5) is 16.2 Å². The van der Waals surface area contributed by atoms with Crippen molar-refractivity contribution < 1.29 is 13.2 Å². The van der Waals surface area contributed by atoms with Crippen LogP contribution >= 0.6 is 11.8 Å². The van der Waals surface area contributed by atoms with Crippen LogP contribution in [0.5, 0.6) is 0 Å². The summed E-state index contributed by atoms with van der Waals surface area (Å²) in [4.78, 5) is 18.8. The maximum atomic E-state index is 11.7. The van der Waals surface area contributed by atoms with Gasteiger partial charge >= 0.3 is 5.24 Å². The molecule has 2 aliphatic rings. The van der Waals surface area contributed by atoms with Gasteiger partial charge in [0.2, 0.25) is 10.0 Å². The van der Waals surface area contributed by atoms with Gasteiger partial charge in [0.1, 0.15) is 5.84 Å². The third-order valence-electron chi connectivity index (χ3n) is 5.41. The fraction of sp³-hybridized carbons (Fsp3) is 0.348. The van der Waals surface area contributed by atoms with E-state index in [0.29, 0.717) is 18.0 Å². The van der Waals surface area contributed by atoms with E-state index >= 15 is 0 Å². The van der Waals surface area contributed by atoms with Gasteiger partial charge in [0.15, 0.2) is 0 Å². The van der Waals surface area contributed by atoms with Crippen LogP contribution in [-0.2, 0) is 16.4 Å². The fourth-order valence-corrected chi connectivity index (χ4v) is 5.27. The third kappa shape index (κ3) is 5.39. The number of aryl methyl sites for hydroxylation is 1. The SMILES string of the molecule is CCN=C(c1ccc(NS(C)(=O)=O)cc1)N1CCCc2cc(C3=NN(C)C(=O)SC3)ccc21. The quantitative estimate of drug-likeness (QED) is 0.514. The molecule has 1 amide bonds. The number of nitrogens with zero attached hydrogens (tertiary/aromatic N) is 4. The standard InChI is InChI=1S/C23H27N5O3S2/c1-4-24-22(16-7-10-19(11-8-16)26-33(3,30)31)28-13-5-6-18-14-17(9-12-21(18)28)20-15-32-23(29)27(2)25-20/h7-12,14,26H,4-6,13,15H2,1-3H3. The topological polar surface area (TPSA) is 94.4 Å². The first-order valence-corrected chi connectivity index (χ1v) is 13.6. The number of amides is 1. The van der Waals surface area contributed by atoms with Gasteiger partial charge < -0.3 is 4.90 Å². The van der Waals surface area contributed by atoms with Crippen LogP contribution < -0.4 is 9.62 Å². The molecule has 4 rings (SSSR count). The number of carbonyl (C=O) groups is 1. The van der Waals surface area contributed by atoms with E-state index < -0.39 is 10.0 Å². The number of benzene rings is 2. The summed E-state index contributed by atoms with van der Waals surface area (Å²) < 4.78 is 25.5. The molecule has 0 spiro atoms. The highest BCUT2D eigenvalue weighted by Gasteiger charge is 2.24. The van der Waals surface area contributed by atoms with Crippen LogP contribution in [0.2, 0.25) is 0 Å². The number of amidine groups is 1. The van der Waals surface area contributed by atoms with Crippen LogP contribution in [0.15, 0.2) is 52.6 Å². The highest BCUT2D eigenvalue weighted by Crippen LogP contribution is 2.31. The lowest BCUT2D eigenvalue weighted by Gasteiger charge is -2.33. The summed E-state index contributed by atoms with van der Waals surface area (Å²) in [6.07, 6.45) is 3.09. The molecule has 2 aromatic rings. The Balaban J connectivity index is 1.65. The first-order valence-electron chi connectivity index (χ1n) is 10.8. The summed E-state index contributed by atoms with van der Waals surface area (Å²) in [6.45, 7) is 3.49. The van der Waals surface area contributed by atoms with E-state index in [9.17, 15) is 13.2 Å². The summed E-state index contributed by atoms with van der Waals surface area (Å²) in [5.74, 6) is 1.44. The second kappa shape index (κ2) is 9.56. The number of carbonyl (C=O) groups excluding carboxylic acids is 1. The van der Waals surface area contributed by atoms with Crippen LogP contribution in [0.1, 0.15) is 30.0 Å². The third-order valence-corrected chi connectivity index (χ3v) is 6.94. The summed E-state index contributed by atoms with van der Waals surface area (Å²) >= 11 is 1.26. The molecule has 0 aromatic heterocycles. The Morgan fingerprint density at radius 3 is 2.64 bits per heavy atom. The van der Waals surface area contributed by atoms with E-state index in [0.717, 1.165) is 54.0 Å². The zero-order valence-electron chi connectivity index (χ0n) is 18.9. The summed E-state index contributed by atoms with van der Waals surface area (Å²) in [6, 6.07) is 13.6. The molecule has 0 fully saturated rings. The smallest absolute Gasteiger partial charge is 0.301 e. The Kier molecular flexibility index (Phi) is 6.76. The molecule has 174 valence electrons. The Morgan fingerprint density at radius 2 is 1.97 bits per heavy atom. The van der Waals surface area contributed by atoms with Gasteiger partial charge in [-0.3, -0.25) is 14.5 Å². The molecule has 0 saturated heterocycles. The molecular weight excluding hydrogens is 458 g/mol. The van der Waals surface area contributed by atoms with Gasteiger partial charge in [-0.15, -0.1) is 0 Å². The Bertz CT molecular complexity index is 1220. The van der Waals surface area contributed by atoms with E-state index in [1.165, 1.54) is 22.3 Å². The maximum absolute atomic E-state index is 11.7. The van der Waals surface area contributed by atoms with Crippen molar-refractivity contribution >= 4 is 49.9 Å². The van der Waals surface area contributed by atoms with Crippen molar-refractivity contribution in [1.29, 1.82) is 0 Å². The van der Waals surface area contributed by atoms with Gasteiger partial charge in [-0.1, -0.05) is 17.8 Å². The van der Waals surface area contributed by atoms with Gasteiger partial charge in [0.25, 0.3) is 0 Å². The van der Waals surface area contributed by atoms with Gasteiger partial charge in [-0.2, -0.15) is 5.10 Å². The highest BCUT2D eigenvalue weighted by atomic mass is 32.2. The predicted octanol–water partition coefficient (Wildman–Crippen LogP) is 3.78. The molecule has 2 heterocycles. The Hall–Kier alpha value is -2.85. The number of fused-ring (bicyclic) bond motifs is 1. The predicted molar refractivity (Wildman–Crippen MR) is 136 cm³/mol. The molecule has 2 aliphatic heterocycles. The van der Waals surface area contributed by atoms with E-state index in [1.807, 2.05) is 19.1 Å². The number of anilines is 2. The van der Waals surface area contributed by atoms with Crippen LogP contribution in [0.3, 0.4) is 0 Å². The molecule has 33 heavy (non-hydrogen) atoms. The van der Waals surface area contributed by atoms with Gasteiger partial charge in [0, 0.05) is 42.8 Å². The van der Waals surface area contributed by atoms with Crippen molar-refractivity contribution in [2.75, 3.05) is 41.8 Å². The number of sulfonamides is 1. The van der Waals surface area contributed by atoms with Crippen molar-refractivity contribution in [3.63, 3.8) is 0 Å². The molecule has 1 N–H and O–H groups in total. The summed E-state index contributed by atoms with van der Waals surface area (Å²) in [5.41, 5.74) is 5.73. The average Bonchev–Trinajstić information content (AvgIpc) is 2.78. The number of nitrogens with one attached hydrogen (secondary N) is 1. The molecule has 0 bridgehead atoms. The monoisotopic (exact) mass is 485 g/mol. The van der Waals surface area contributed by atoms with Gasteiger partial charge in [-0.25, -0.2) is 13.4 Å². The van der Waals surface area contributed by atoms with Crippen LogP contribution in [0, 0.1) is 0 Å². The normalized spacial score (nSPS) is 17.0. The van der Waals surface area contributed by atoms with Crippen molar-refractivity contribution in [2.24, 2.45) is 10.1 Å². The average molecular weight is 486 g/mol. The van der Waals surface area contributed by atoms with E-state index in [2.05, 4.69) is 32.9 Å². The van der Waals surface area contributed by atoms with Crippen LogP contribution in [0.25, 0.3) is 0 Å². The lowest BCUT2D eigenvalue weighted by Crippen LogP contribution is -2.36. The highest BCUT2D eigenvalue weighted by molar-refractivity contribution is 8.14. The van der Waals surface area contributed by atoms with Crippen LogP contribution in [-0.4, -0.2) is 62.4 Å². The number of thioether (sulfide) groups is 1. The van der Waals surface area contributed by atoms with E-state index in [4.69, 9.17) is 4.99 Å². The molecule has 8 nitrogen and oxygen atoms in total. The minimum Gasteiger partial charge on any atom is -0.326 e.